The molecule has 1 aromatic heterocycles. The lowest BCUT2D eigenvalue weighted by atomic mass is 10.4. The molecule has 1 rings (SSSR count). The highest BCUT2D eigenvalue weighted by Gasteiger charge is 2.21. The Morgan fingerprint density at radius 2 is 2.12 bits per heavy atom. The molecule has 0 aromatic carbocycles. The number of hydrogen-bond acceptors (Lipinski definition) is 4. The van der Waals surface area contributed by atoms with Gasteiger partial charge in [0.25, 0.3) is 10.0 Å². The molecule has 1 aromatic rings. The van der Waals surface area contributed by atoms with Crippen molar-refractivity contribution in [1.29, 1.82) is 0 Å². The van der Waals surface area contributed by atoms with Gasteiger partial charge in [0.05, 0.1) is 13.1 Å². The van der Waals surface area contributed by atoms with Gasteiger partial charge in [0, 0.05) is 14.1 Å². The summed E-state index contributed by atoms with van der Waals surface area (Å²) < 4.78 is 29.8. The average Bonchev–Trinajstić information content (AvgIpc) is 2.73. The van der Waals surface area contributed by atoms with Gasteiger partial charge in [0.2, 0.25) is 5.09 Å². The molecule has 1 heterocycles. The maximum absolute atomic E-state index is 11.7. The molecular weight excluding hydrogens is 240 g/mol. The van der Waals surface area contributed by atoms with Crippen LogP contribution in [0.4, 0.5) is 0 Å². The first-order chi connectivity index (χ1) is 7.98. The molecule has 0 aliphatic rings. The first-order valence-corrected chi connectivity index (χ1v) is 6.54. The van der Waals surface area contributed by atoms with Crippen LogP contribution in [0.2, 0.25) is 0 Å². The van der Waals surface area contributed by atoms with Gasteiger partial charge >= 0.3 is 0 Å². The van der Waals surface area contributed by atoms with Crippen LogP contribution in [0.5, 0.6) is 0 Å². The number of furan rings is 1. The zero-order chi connectivity index (χ0) is 12.9. The van der Waals surface area contributed by atoms with Gasteiger partial charge in [-0.15, -0.1) is 5.92 Å². The molecule has 0 aliphatic carbocycles. The van der Waals surface area contributed by atoms with Crippen molar-refractivity contribution in [1.82, 2.24) is 9.62 Å². The van der Waals surface area contributed by atoms with E-state index < -0.39 is 10.0 Å². The van der Waals surface area contributed by atoms with Crippen molar-refractivity contribution in [3.63, 3.8) is 0 Å². The number of nitrogens with one attached hydrogen (secondary N) is 1. The Bertz CT molecular complexity index is 520. The van der Waals surface area contributed by atoms with Crippen LogP contribution < -0.4 is 5.32 Å². The minimum atomic E-state index is -3.48. The normalized spacial score (nSPS) is 11.3. The highest BCUT2D eigenvalue weighted by Crippen LogP contribution is 2.16. The maximum atomic E-state index is 11.7. The third kappa shape index (κ3) is 3.60. The summed E-state index contributed by atoms with van der Waals surface area (Å²) in [5.74, 6) is 6.17. The van der Waals surface area contributed by atoms with Crippen molar-refractivity contribution in [2.24, 2.45) is 0 Å². The lowest BCUT2D eigenvalue weighted by Gasteiger charge is -2.07. The molecule has 0 spiro atoms. The van der Waals surface area contributed by atoms with Gasteiger partial charge in [0.15, 0.2) is 0 Å². The summed E-state index contributed by atoms with van der Waals surface area (Å²) in [6, 6.07) is 3.10. The van der Waals surface area contributed by atoms with E-state index in [0.29, 0.717) is 18.8 Å². The molecule has 0 saturated carbocycles. The molecule has 0 aliphatic heterocycles. The van der Waals surface area contributed by atoms with Crippen LogP contribution in [0.3, 0.4) is 0 Å². The fraction of sp³-hybridized carbons (Fsp3) is 0.455. The Kier molecular flexibility index (Phi) is 4.75. The van der Waals surface area contributed by atoms with Gasteiger partial charge in [-0.05, 0) is 19.1 Å². The summed E-state index contributed by atoms with van der Waals surface area (Å²) in [4.78, 5) is 0. The van der Waals surface area contributed by atoms with E-state index in [1.165, 1.54) is 20.2 Å². The largest absolute Gasteiger partial charge is 0.447 e. The van der Waals surface area contributed by atoms with E-state index in [9.17, 15) is 8.42 Å². The molecular formula is C11H16N2O3S. The van der Waals surface area contributed by atoms with E-state index in [1.807, 2.05) is 0 Å². The Labute approximate surface area is 102 Å². The molecule has 0 unspecified atom stereocenters. The van der Waals surface area contributed by atoms with Gasteiger partial charge in [-0.25, -0.2) is 12.7 Å². The fourth-order valence-electron chi connectivity index (χ4n) is 1.11. The monoisotopic (exact) mass is 256 g/mol. The second-order valence-corrected chi connectivity index (χ2v) is 5.62. The predicted molar refractivity (Wildman–Crippen MR) is 64.7 cm³/mol. The molecule has 5 nitrogen and oxygen atoms in total. The first kappa shape index (κ1) is 13.8. The summed E-state index contributed by atoms with van der Waals surface area (Å²) in [6.45, 7) is 2.76. The zero-order valence-electron chi connectivity index (χ0n) is 10.1. The van der Waals surface area contributed by atoms with Crippen molar-refractivity contribution >= 4 is 10.0 Å². The van der Waals surface area contributed by atoms with Crippen LogP contribution in [0.1, 0.15) is 12.7 Å². The first-order valence-electron chi connectivity index (χ1n) is 5.10. The van der Waals surface area contributed by atoms with Crippen molar-refractivity contribution in [2.75, 3.05) is 20.6 Å². The predicted octanol–water partition coefficient (Wildman–Crippen LogP) is 0.643. The molecule has 0 fully saturated rings. The van der Waals surface area contributed by atoms with Crippen molar-refractivity contribution in [3.8, 4) is 11.8 Å². The third-order valence-electron chi connectivity index (χ3n) is 2.06. The molecule has 0 amide bonds. The SMILES string of the molecule is CC#CCNCc1ccc(S(=O)(=O)N(C)C)o1. The van der Waals surface area contributed by atoms with E-state index in [2.05, 4.69) is 17.2 Å². The van der Waals surface area contributed by atoms with E-state index in [1.54, 1.807) is 13.0 Å². The smallest absolute Gasteiger partial charge is 0.275 e. The highest BCUT2D eigenvalue weighted by atomic mass is 32.2. The highest BCUT2D eigenvalue weighted by molar-refractivity contribution is 7.88. The summed E-state index contributed by atoms with van der Waals surface area (Å²) in [7, 11) is -0.551. The molecule has 17 heavy (non-hydrogen) atoms. The van der Waals surface area contributed by atoms with Crippen LogP contribution in [-0.4, -0.2) is 33.4 Å². The summed E-state index contributed by atoms with van der Waals surface area (Å²) in [6.07, 6.45) is 0. The quantitative estimate of drug-likeness (QED) is 0.620. The molecule has 0 atom stereocenters. The minimum Gasteiger partial charge on any atom is -0.447 e. The van der Waals surface area contributed by atoms with E-state index in [-0.39, 0.29) is 5.09 Å². The third-order valence-corrected chi connectivity index (χ3v) is 3.75. The maximum Gasteiger partial charge on any atom is 0.275 e. The second kappa shape index (κ2) is 5.87. The Hall–Kier alpha value is -1.29. The lowest BCUT2D eigenvalue weighted by molar-refractivity contribution is 0.392. The fourth-order valence-corrected chi connectivity index (χ4v) is 1.92. The molecule has 0 saturated heterocycles. The van der Waals surface area contributed by atoms with Gasteiger partial charge in [-0.1, -0.05) is 5.92 Å². The van der Waals surface area contributed by atoms with Gasteiger partial charge in [-0.3, -0.25) is 5.32 Å². The Balaban J connectivity index is 2.68. The molecule has 6 heteroatoms. The van der Waals surface area contributed by atoms with E-state index >= 15 is 0 Å². The van der Waals surface area contributed by atoms with Gasteiger partial charge in [-0.2, -0.15) is 0 Å². The molecule has 94 valence electrons. The number of sulfonamides is 1. The number of nitrogens with zero attached hydrogens (tertiary/aromatic N) is 1. The Morgan fingerprint density at radius 1 is 1.41 bits per heavy atom. The molecule has 1 N–H and O–H groups in total. The van der Waals surface area contributed by atoms with E-state index in [4.69, 9.17) is 4.42 Å². The van der Waals surface area contributed by atoms with Crippen LogP contribution in [0.15, 0.2) is 21.6 Å². The summed E-state index contributed by atoms with van der Waals surface area (Å²) in [5.41, 5.74) is 0. The molecule has 0 bridgehead atoms. The Morgan fingerprint density at radius 3 is 2.71 bits per heavy atom. The second-order valence-electron chi connectivity index (χ2n) is 3.54. The topological polar surface area (TPSA) is 62.6 Å². The molecule has 0 radical (unpaired) electrons. The lowest BCUT2D eigenvalue weighted by Crippen LogP contribution is -2.21. The minimum absolute atomic E-state index is 0.0409. The van der Waals surface area contributed by atoms with E-state index in [0.717, 1.165) is 4.31 Å². The van der Waals surface area contributed by atoms with Crippen molar-refractivity contribution in [2.45, 2.75) is 18.6 Å². The van der Waals surface area contributed by atoms with Crippen LogP contribution in [-0.2, 0) is 16.6 Å². The van der Waals surface area contributed by atoms with Gasteiger partial charge in [0.1, 0.15) is 5.76 Å². The van der Waals surface area contributed by atoms with Gasteiger partial charge < -0.3 is 4.42 Å². The van der Waals surface area contributed by atoms with Crippen LogP contribution >= 0.6 is 0 Å². The van der Waals surface area contributed by atoms with Crippen LogP contribution in [0, 0.1) is 11.8 Å². The summed E-state index contributed by atoms with van der Waals surface area (Å²) >= 11 is 0. The standard InChI is InChI=1S/C11H16N2O3S/c1-4-5-8-12-9-10-6-7-11(16-10)17(14,15)13(2)3/h6-7,12H,8-9H2,1-3H3. The van der Waals surface area contributed by atoms with Crippen LogP contribution in [0.25, 0.3) is 0 Å². The number of hydrogen-bond donors (Lipinski definition) is 1. The van der Waals surface area contributed by atoms with Crippen molar-refractivity contribution in [3.05, 3.63) is 17.9 Å². The average molecular weight is 256 g/mol. The van der Waals surface area contributed by atoms with Crippen molar-refractivity contribution < 1.29 is 12.8 Å². The summed E-state index contributed by atoms with van der Waals surface area (Å²) in [5, 5.41) is 2.98. The zero-order valence-corrected chi connectivity index (χ0v) is 11.0. The number of rotatable bonds is 5.